The number of rotatable bonds is 4. The maximum atomic E-state index is 13.0. The Bertz CT molecular complexity index is 1420. The predicted octanol–water partition coefficient (Wildman–Crippen LogP) is 4.97. The van der Waals surface area contributed by atoms with Crippen LogP contribution in [0.4, 0.5) is 11.5 Å². The van der Waals surface area contributed by atoms with E-state index in [0.717, 1.165) is 38.4 Å². The Morgan fingerprint density at radius 1 is 0.900 bits per heavy atom. The van der Waals surface area contributed by atoms with Gasteiger partial charge in [-0.1, -0.05) is 54.6 Å². The second-order valence-electron chi connectivity index (χ2n) is 7.42. The second-order valence-corrected chi connectivity index (χ2v) is 7.42. The van der Waals surface area contributed by atoms with Crippen molar-refractivity contribution in [2.24, 2.45) is 0 Å². The van der Waals surface area contributed by atoms with Crippen LogP contribution in [0, 0.1) is 0 Å². The van der Waals surface area contributed by atoms with Gasteiger partial charge in [0, 0.05) is 17.7 Å². The highest BCUT2D eigenvalue weighted by Crippen LogP contribution is 2.33. The number of carbonyl (C=O) groups excluding carboxylic acids is 1. The molecular formula is C25H20N4O. The van der Waals surface area contributed by atoms with Gasteiger partial charge in [0.25, 0.3) is 0 Å². The number of fused-ring (bicyclic) bond motifs is 2. The summed E-state index contributed by atoms with van der Waals surface area (Å²) in [6, 6.07) is 25.4. The third kappa shape index (κ3) is 3.06. The van der Waals surface area contributed by atoms with Crippen LogP contribution in [0.1, 0.15) is 15.9 Å². The molecule has 0 atom stereocenters. The molecule has 0 spiro atoms. The second kappa shape index (κ2) is 7.04. The van der Waals surface area contributed by atoms with E-state index in [1.165, 1.54) is 0 Å². The van der Waals surface area contributed by atoms with Crippen LogP contribution in [0.2, 0.25) is 0 Å². The zero-order valence-corrected chi connectivity index (χ0v) is 16.2. The Morgan fingerprint density at radius 3 is 2.60 bits per heavy atom. The number of carbonyl (C=O) groups is 1. The van der Waals surface area contributed by atoms with E-state index >= 15 is 0 Å². The Balaban J connectivity index is 1.57. The average Bonchev–Trinajstić information content (AvgIpc) is 3.14. The lowest BCUT2D eigenvalue weighted by atomic mass is 9.94. The van der Waals surface area contributed by atoms with Crippen LogP contribution in [-0.4, -0.2) is 16.0 Å². The molecule has 0 saturated carbocycles. The maximum Gasteiger partial charge on any atom is 0.167 e. The van der Waals surface area contributed by atoms with Gasteiger partial charge in [0.05, 0.1) is 10.9 Å². The van der Waals surface area contributed by atoms with Gasteiger partial charge in [-0.2, -0.15) is 5.10 Å². The summed E-state index contributed by atoms with van der Waals surface area (Å²) < 4.78 is 0. The third-order valence-electron chi connectivity index (χ3n) is 5.42. The minimum absolute atomic E-state index is 0.0696. The van der Waals surface area contributed by atoms with Gasteiger partial charge < -0.3 is 11.5 Å². The summed E-state index contributed by atoms with van der Waals surface area (Å²) in [6.45, 7) is 0. The summed E-state index contributed by atoms with van der Waals surface area (Å²) in [5.74, 6) is 0.548. The van der Waals surface area contributed by atoms with Crippen molar-refractivity contribution in [3.8, 4) is 11.1 Å². The number of H-pyrrole nitrogens is 1. The van der Waals surface area contributed by atoms with E-state index in [-0.39, 0.29) is 5.78 Å². The van der Waals surface area contributed by atoms with Crippen molar-refractivity contribution in [3.05, 3.63) is 90.0 Å². The number of nitrogen functional groups attached to an aromatic ring is 2. The average molecular weight is 392 g/mol. The number of anilines is 2. The Morgan fingerprint density at radius 2 is 1.73 bits per heavy atom. The largest absolute Gasteiger partial charge is 0.399 e. The minimum atomic E-state index is 0.0696. The fraction of sp³-hybridized carbons (Fsp3) is 0.0400. The number of nitrogens with one attached hydrogen (secondary N) is 1. The van der Waals surface area contributed by atoms with Crippen molar-refractivity contribution in [1.82, 2.24) is 10.2 Å². The normalized spacial score (nSPS) is 11.2. The smallest absolute Gasteiger partial charge is 0.167 e. The molecule has 0 aliphatic rings. The zero-order valence-electron chi connectivity index (χ0n) is 16.2. The topological polar surface area (TPSA) is 97.8 Å². The van der Waals surface area contributed by atoms with Crippen LogP contribution in [0.25, 0.3) is 32.8 Å². The minimum Gasteiger partial charge on any atom is -0.399 e. The SMILES string of the molecule is Nc1cccc(CC(=O)c2cccc3cc(-c4cccc5[nH]nc(N)c45)ccc23)c1. The van der Waals surface area contributed by atoms with E-state index in [1.54, 1.807) is 0 Å². The van der Waals surface area contributed by atoms with E-state index in [1.807, 2.05) is 72.8 Å². The number of hydrogen-bond donors (Lipinski definition) is 3. The van der Waals surface area contributed by atoms with E-state index in [4.69, 9.17) is 11.5 Å². The maximum absolute atomic E-state index is 13.0. The molecule has 5 aromatic rings. The molecule has 5 heteroatoms. The van der Waals surface area contributed by atoms with Crippen LogP contribution in [0.3, 0.4) is 0 Å². The first-order chi connectivity index (χ1) is 14.6. The van der Waals surface area contributed by atoms with Gasteiger partial charge in [-0.3, -0.25) is 9.89 Å². The number of nitrogens with zero attached hydrogens (tertiary/aromatic N) is 1. The molecular weight excluding hydrogens is 372 g/mol. The molecule has 0 aliphatic heterocycles. The fourth-order valence-electron chi connectivity index (χ4n) is 4.02. The zero-order chi connectivity index (χ0) is 20.7. The summed E-state index contributed by atoms with van der Waals surface area (Å²) in [5.41, 5.74) is 17.2. The number of hydrogen-bond acceptors (Lipinski definition) is 4. The number of Topliss-reactive ketones (excluding diaryl/α,β-unsaturated/α-hetero) is 1. The van der Waals surface area contributed by atoms with Gasteiger partial charge >= 0.3 is 0 Å². The molecule has 0 bridgehead atoms. The molecule has 0 saturated heterocycles. The summed E-state index contributed by atoms with van der Waals surface area (Å²) in [6.07, 6.45) is 0.316. The predicted molar refractivity (Wildman–Crippen MR) is 122 cm³/mol. The van der Waals surface area contributed by atoms with Gasteiger partial charge in [-0.25, -0.2) is 0 Å². The molecule has 4 aromatic carbocycles. The van der Waals surface area contributed by atoms with E-state index in [2.05, 4.69) is 16.3 Å². The van der Waals surface area contributed by atoms with Crippen molar-refractivity contribution in [3.63, 3.8) is 0 Å². The van der Waals surface area contributed by atoms with Crippen molar-refractivity contribution in [1.29, 1.82) is 0 Å². The van der Waals surface area contributed by atoms with Crippen LogP contribution in [0.15, 0.2) is 78.9 Å². The van der Waals surface area contributed by atoms with E-state index in [0.29, 0.717) is 23.5 Å². The molecule has 1 heterocycles. The van der Waals surface area contributed by atoms with Crippen molar-refractivity contribution in [2.45, 2.75) is 6.42 Å². The highest BCUT2D eigenvalue weighted by atomic mass is 16.1. The highest BCUT2D eigenvalue weighted by Gasteiger charge is 2.14. The van der Waals surface area contributed by atoms with Crippen LogP contribution in [0.5, 0.6) is 0 Å². The molecule has 0 radical (unpaired) electrons. The highest BCUT2D eigenvalue weighted by molar-refractivity contribution is 6.10. The first-order valence-electron chi connectivity index (χ1n) is 9.73. The van der Waals surface area contributed by atoms with Gasteiger partial charge in [-0.15, -0.1) is 0 Å². The number of aromatic nitrogens is 2. The number of ketones is 1. The molecule has 0 unspecified atom stereocenters. The molecule has 5 nitrogen and oxygen atoms in total. The third-order valence-corrected chi connectivity index (χ3v) is 5.42. The van der Waals surface area contributed by atoms with Gasteiger partial charge in [0.1, 0.15) is 0 Å². The summed E-state index contributed by atoms with van der Waals surface area (Å²) in [4.78, 5) is 13.0. The molecule has 0 aliphatic carbocycles. The first-order valence-corrected chi connectivity index (χ1v) is 9.73. The molecule has 1 aromatic heterocycles. The number of benzene rings is 4. The van der Waals surface area contributed by atoms with Gasteiger partial charge in [0.15, 0.2) is 11.6 Å². The van der Waals surface area contributed by atoms with Crippen LogP contribution in [-0.2, 0) is 6.42 Å². The molecule has 5 rings (SSSR count). The monoisotopic (exact) mass is 392 g/mol. The van der Waals surface area contributed by atoms with Gasteiger partial charge in [0.2, 0.25) is 0 Å². The molecule has 0 fully saturated rings. The van der Waals surface area contributed by atoms with Crippen LogP contribution < -0.4 is 11.5 Å². The lowest BCUT2D eigenvalue weighted by Crippen LogP contribution is -2.04. The standard InChI is InChI=1S/C25H20N4O/c26-18-6-1-4-15(12-18)13-23(30)21-8-2-5-16-14-17(10-11-19(16)21)20-7-3-9-22-24(20)25(27)29-28-22/h1-12,14H,13,26H2,(H3,27,28,29). The fourth-order valence-corrected chi connectivity index (χ4v) is 4.02. The molecule has 30 heavy (non-hydrogen) atoms. The van der Waals surface area contributed by atoms with E-state index < -0.39 is 0 Å². The quantitative estimate of drug-likeness (QED) is 0.297. The van der Waals surface area contributed by atoms with Gasteiger partial charge in [-0.05, 0) is 51.7 Å². The lowest BCUT2D eigenvalue weighted by Gasteiger charge is -2.10. The number of aromatic amines is 1. The molecule has 146 valence electrons. The molecule has 5 N–H and O–H groups in total. The van der Waals surface area contributed by atoms with Crippen LogP contribution >= 0.6 is 0 Å². The Labute approximate surface area is 173 Å². The van der Waals surface area contributed by atoms with Crippen molar-refractivity contribution in [2.75, 3.05) is 11.5 Å². The van der Waals surface area contributed by atoms with E-state index in [9.17, 15) is 4.79 Å². The van der Waals surface area contributed by atoms with Crippen molar-refractivity contribution >= 4 is 39.0 Å². The molecule has 0 amide bonds. The Hall–Kier alpha value is -4.12. The summed E-state index contributed by atoms with van der Waals surface area (Å²) in [5, 5.41) is 9.93. The Kier molecular flexibility index (Phi) is 4.21. The summed E-state index contributed by atoms with van der Waals surface area (Å²) in [7, 11) is 0. The summed E-state index contributed by atoms with van der Waals surface area (Å²) >= 11 is 0. The number of nitrogens with two attached hydrogens (primary N) is 2. The first kappa shape index (κ1) is 17.9. The lowest BCUT2D eigenvalue weighted by molar-refractivity contribution is 0.0994. The van der Waals surface area contributed by atoms with Crippen molar-refractivity contribution < 1.29 is 4.79 Å².